The van der Waals surface area contributed by atoms with Crippen molar-refractivity contribution in [1.29, 1.82) is 0 Å². The SMILES string of the molecule is CN1C(=O)CCC[C@@H]2CNC[C@H]21. The van der Waals surface area contributed by atoms with Gasteiger partial charge in [-0.2, -0.15) is 0 Å². The number of rotatable bonds is 0. The van der Waals surface area contributed by atoms with Gasteiger partial charge in [0.05, 0.1) is 0 Å². The molecule has 0 aliphatic carbocycles. The molecule has 2 saturated heterocycles. The molecule has 68 valence electrons. The number of fused-ring (bicyclic) bond motifs is 1. The molecule has 2 rings (SSSR count). The number of likely N-dealkylation sites (tertiary alicyclic amines) is 1. The summed E-state index contributed by atoms with van der Waals surface area (Å²) in [6, 6.07) is 0.472. The summed E-state index contributed by atoms with van der Waals surface area (Å²) in [7, 11) is 1.94. The Hall–Kier alpha value is -0.570. The van der Waals surface area contributed by atoms with Gasteiger partial charge < -0.3 is 10.2 Å². The molecule has 1 N–H and O–H groups in total. The molecular weight excluding hydrogens is 152 g/mol. The Morgan fingerprint density at radius 3 is 3.17 bits per heavy atom. The van der Waals surface area contributed by atoms with Gasteiger partial charge in [-0.05, 0) is 18.8 Å². The fourth-order valence-electron chi connectivity index (χ4n) is 2.34. The largest absolute Gasteiger partial charge is 0.341 e. The molecule has 0 spiro atoms. The Morgan fingerprint density at radius 1 is 1.50 bits per heavy atom. The lowest BCUT2D eigenvalue weighted by atomic mass is 9.99. The first-order chi connectivity index (χ1) is 5.79. The van der Waals surface area contributed by atoms with Gasteiger partial charge in [-0.1, -0.05) is 0 Å². The van der Waals surface area contributed by atoms with Gasteiger partial charge in [0.15, 0.2) is 0 Å². The predicted octanol–water partition coefficient (Wildman–Crippen LogP) is 0.217. The standard InChI is InChI=1S/C9H16N2O/c1-11-8-6-10-5-7(8)3-2-4-9(11)12/h7-8,10H,2-6H2,1H3/t7-,8-/m1/s1. The monoisotopic (exact) mass is 168 g/mol. The van der Waals surface area contributed by atoms with E-state index in [9.17, 15) is 4.79 Å². The second kappa shape index (κ2) is 3.05. The van der Waals surface area contributed by atoms with Crippen LogP contribution in [0.4, 0.5) is 0 Å². The van der Waals surface area contributed by atoms with E-state index in [1.54, 1.807) is 0 Å². The number of hydrogen-bond acceptors (Lipinski definition) is 2. The van der Waals surface area contributed by atoms with Crippen molar-refractivity contribution < 1.29 is 4.79 Å². The molecule has 1 amide bonds. The van der Waals surface area contributed by atoms with Gasteiger partial charge in [-0.25, -0.2) is 0 Å². The summed E-state index contributed by atoms with van der Waals surface area (Å²) in [6.45, 7) is 2.09. The molecule has 2 atom stereocenters. The van der Waals surface area contributed by atoms with Crippen molar-refractivity contribution in [1.82, 2.24) is 10.2 Å². The molecule has 0 bridgehead atoms. The molecule has 2 aliphatic rings. The summed E-state index contributed by atoms with van der Waals surface area (Å²) in [4.78, 5) is 13.4. The number of nitrogens with zero attached hydrogens (tertiary/aromatic N) is 1. The zero-order valence-electron chi connectivity index (χ0n) is 7.55. The van der Waals surface area contributed by atoms with Crippen molar-refractivity contribution in [2.75, 3.05) is 20.1 Å². The minimum atomic E-state index is 0.325. The van der Waals surface area contributed by atoms with E-state index in [-0.39, 0.29) is 0 Å². The first-order valence-electron chi connectivity index (χ1n) is 4.75. The fraction of sp³-hybridized carbons (Fsp3) is 0.889. The molecule has 3 heteroatoms. The zero-order valence-corrected chi connectivity index (χ0v) is 7.55. The minimum Gasteiger partial charge on any atom is -0.341 e. The molecule has 2 aliphatic heterocycles. The van der Waals surface area contributed by atoms with Crippen LogP contribution in [0, 0.1) is 5.92 Å². The second-order valence-electron chi connectivity index (χ2n) is 3.88. The maximum absolute atomic E-state index is 11.5. The lowest BCUT2D eigenvalue weighted by Gasteiger charge is -2.25. The summed E-state index contributed by atoms with van der Waals surface area (Å²) < 4.78 is 0. The van der Waals surface area contributed by atoms with Gasteiger partial charge in [-0.15, -0.1) is 0 Å². The van der Waals surface area contributed by atoms with Crippen LogP contribution in [0.5, 0.6) is 0 Å². The highest BCUT2D eigenvalue weighted by molar-refractivity contribution is 5.76. The average Bonchev–Trinajstić information content (AvgIpc) is 2.46. The number of likely N-dealkylation sites (N-methyl/N-ethyl adjacent to an activating group) is 1. The molecule has 2 heterocycles. The zero-order chi connectivity index (χ0) is 8.55. The van der Waals surface area contributed by atoms with E-state index in [2.05, 4.69) is 5.32 Å². The molecule has 0 saturated carbocycles. The van der Waals surface area contributed by atoms with Crippen molar-refractivity contribution in [2.45, 2.75) is 25.3 Å². The van der Waals surface area contributed by atoms with E-state index in [0.29, 0.717) is 17.9 Å². The number of carbonyl (C=O) groups is 1. The first-order valence-corrected chi connectivity index (χ1v) is 4.75. The van der Waals surface area contributed by atoms with Crippen molar-refractivity contribution in [2.24, 2.45) is 5.92 Å². The molecule has 0 aromatic carbocycles. The molecular formula is C9H16N2O. The van der Waals surface area contributed by atoms with Gasteiger partial charge in [0.1, 0.15) is 0 Å². The average molecular weight is 168 g/mol. The van der Waals surface area contributed by atoms with E-state index in [4.69, 9.17) is 0 Å². The van der Waals surface area contributed by atoms with Gasteiger partial charge in [0, 0.05) is 32.6 Å². The van der Waals surface area contributed by atoms with Crippen molar-refractivity contribution in [3.63, 3.8) is 0 Å². The van der Waals surface area contributed by atoms with Crippen LogP contribution in [0.3, 0.4) is 0 Å². The third-order valence-corrected chi connectivity index (χ3v) is 3.16. The highest BCUT2D eigenvalue weighted by Crippen LogP contribution is 2.24. The molecule has 0 aromatic heterocycles. The van der Waals surface area contributed by atoms with Gasteiger partial charge in [0.25, 0.3) is 0 Å². The van der Waals surface area contributed by atoms with Crippen molar-refractivity contribution in [3.8, 4) is 0 Å². The molecule has 12 heavy (non-hydrogen) atoms. The van der Waals surface area contributed by atoms with Crippen LogP contribution < -0.4 is 5.32 Å². The quantitative estimate of drug-likeness (QED) is 0.561. The highest BCUT2D eigenvalue weighted by atomic mass is 16.2. The van der Waals surface area contributed by atoms with Crippen LogP contribution in [0.1, 0.15) is 19.3 Å². The van der Waals surface area contributed by atoms with Gasteiger partial charge >= 0.3 is 0 Å². The smallest absolute Gasteiger partial charge is 0.222 e. The van der Waals surface area contributed by atoms with Crippen molar-refractivity contribution in [3.05, 3.63) is 0 Å². The maximum atomic E-state index is 11.5. The fourth-order valence-corrected chi connectivity index (χ4v) is 2.34. The molecule has 0 unspecified atom stereocenters. The van der Waals surface area contributed by atoms with Crippen LogP contribution >= 0.6 is 0 Å². The predicted molar refractivity (Wildman–Crippen MR) is 46.8 cm³/mol. The third-order valence-electron chi connectivity index (χ3n) is 3.16. The molecule has 2 fully saturated rings. The summed E-state index contributed by atoms with van der Waals surface area (Å²) in [5, 5.41) is 3.35. The van der Waals surface area contributed by atoms with Crippen LogP contribution in [-0.4, -0.2) is 37.0 Å². The van der Waals surface area contributed by atoms with Crippen LogP contribution in [0.2, 0.25) is 0 Å². The van der Waals surface area contributed by atoms with Crippen LogP contribution in [0.25, 0.3) is 0 Å². The summed E-state index contributed by atoms with van der Waals surface area (Å²) in [6.07, 6.45) is 3.04. The summed E-state index contributed by atoms with van der Waals surface area (Å²) in [5.74, 6) is 1.03. The van der Waals surface area contributed by atoms with Gasteiger partial charge in [-0.3, -0.25) is 4.79 Å². The summed E-state index contributed by atoms with van der Waals surface area (Å²) in [5.41, 5.74) is 0. The van der Waals surface area contributed by atoms with Crippen molar-refractivity contribution >= 4 is 5.91 Å². The van der Waals surface area contributed by atoms with Crippen LogP contribution in [-0.2, 0) is 4.79 Å². The van der Waals surface area contributed by atoms with E-state index < -0.39 is 0 Å². The number of amides is 1. The third kappa shape index (κ3) is 1.22. The maximum Gasteiger partial charge on any atom is 0.222 e. The van der Waals surface area contributed by atoms with E-state index >= 15 is 0 Å². The van der Waals surface area contributed by atoms with E-state index in [1.807, 2.05) is 11.9 Å². The molecule has 0 radical (unpaired) electrons. The lowest BCUT2D eigenvalue weighted by molar-refractivity contribution is -0.131. The molecule has 0 aromatic rings. The van der Waals surface area contributed by atoms with Gasteiger partial charge in [0.2, 0.25) is 5.91 Å². The Labute approximate surface area is 73.1 Å². The Kier molecular flexibility index (Phi) is 2.05. The second-order valence-corrected chi connectivity index (χ2v) is 3.88. The summed E-state index contributed by atoms with van der Waals surface area (Å²) >= 11 is 0. The van der Waals surface area contributed by atoms with E-state index in [1.165, 1.54) is 6.42 Å². The normalized spacial score (nSPS) is 36.4. The Balaban J connectivity index is 2.13. The van der Waals surface area contributed by atoms with Crippen LogP contribution in [0.15, 0.2) is 0 Å². The lowest BCUT2D eigenvalue weighted by Crippen LogP contribution is -2.40. The number of nitrogens with one attached hydrogen (secondary N) is 1. The Bertz CT molecular complexity index is 193. The minimum absolute atomic E-state index is 0.325. The topological polar surface area (TPSA) is 32.3 Å². The Morgan fingerprint density at radius 2 is 2.33 bits per heavy atom. The first kappa shape index (κ1) is 8.05. The number of hydrogen-bond donors (Lipinski definition) is 1. The van der Waals surface area contributed by atoms with E-state index in [0.717, 1.165) is 25.9 Å². The highest BCUT2D eigenvalue weighted by Gasteiger charge is 2.34. The molecule has 3 nitrogen and oxygen atoms in total. The number of carbonyl (C=O) groups excluding carboxylic acids is 1.